The van der Waals surface area contributed by atoms with Crippen molar-refractivity contribution in [2.75, 3.05) is 20.4 Å². The SMILES string of the molecule is N#Cc1ccc(NC(=O)Nc2ccccc2N(C(=O)Cc2csc(N(Cc3ccncc3)C(=O)O)n2)c2ccccc2)cc1. The number of thiazole rings is 1. The van der Waals surface area contributed by atoms with Gasteiger partial charge in [-0.2, -0.15) is 5.26 Å². The first-order valence-electron chi connectivity index (χ1n) is 13.3. The Bertz CT molecular complexity index is 1810. The fraction of sp³-hybridized carbons (Fsp3) is 0.0625. The number of aromatic nitrogens is 2. The number of carbonyl (C=O) groups is 3. The van der Waals surface area contributed by atoms with Gasteiger partial charge in [-0.25, -0.2) is 19.5 Å². The van der Waals surface area contributed by atoms with Gasteiger partial charge in [0.15, 0.2) is 5.13 Å². The van der Waals surface area contributed by atoms with Crippen LogP contribution >= 0.6 is 11.3 Å². The van der Waals surface area contributed by atoms with Crippen LogP contribution in [-0.4, -0.2) is 33.1 Å². The standard InChI is InChI=1S/C32H25N7O4S/c33-19-22-10-12-24(13-11-22)35-30(41)37-27-8-4-5-9-28(27)39(26-6-2-1-3-7-26)29(40)18-25-21-44-31(36-25)38(32(42)43)20-23-14-16-34-17-15-23/h1-17,21H,18,20H2,(H,42,43)(H2,35,37,41). The zero-order valence-electron chi connectivity index (χ0n) is 23.1. The summed E-state index contributed by atoms with van der Waals surface area (Å²) in [4.78, 5) is 49.9. The van der Waals surface area contributed by atoms with Crippen molar-refractivity contribution in [3.05, 3.63) is 126 Å². The maximum absolute atomic E-state index is 13.9. The van der Waals surface area contributed by atoms with Crippen LogP contribution in [0.15, 0.2) is 109 Å². The van der Waals surface area contributed by atoms with E-state index < -0.39 is 12.1 Å². The first-order valence-corrected chi connectivity index (χ1v) is 14.2. The minimum absolute atomic E-state index is 0.0818. The van der Waals surface area contributed by atoms with E-state index in [-0.39, 0.29) is 24.0 Å². The van der Waals surface area contributed by atoms with Crippen molar-refractivity contribution in [1.82, 2.24) is 9.97 Å². The maximum atomic E-state index is 13.9. The molecule has 0 bridgehead atoms. The van der Waals surface area contributed by atoms with Gasteiger partial charge in [0, 0.05) is 29.1 Å². The number of para-hydroxylation sites is 3. The second kappa shape index (κ2) is 13.7. The predicted octanol–water partition coefficient (Wildman–Crippen LogP) is 6.65. The van der Waals surface area contributed by atoms with Crippen molar-refractivity contribution in [2.45, 2.75) is 13.0 Å². The summed E-state index contributed by atoms with van der Waals surface area (Å²) in [6.45, 7) is 0.0818. The molecule has 0 fully saturated rings. The summed E-state index contributed by atoms with van der Waals surface area (Å²) < 4.78 is 0. The number of carbonyl (C=O) groups excluding carboxylic acids is 2. The predicted molar refractivity (Wildman–Crippen MR) is 168 cm³/mol. The normalized spacial score (nSPS) is 10.3. The molecule has 0 saturated carbocycles. The van der Waals surface area contributed by atoms with Crippen LogP contribution < -0.4 is 20.4 Å². The molecule has 0 spiro atoms. The number of urea groups is 1. The van der Waals surface area contributed by atoms with Crippen LogP contribution in [0.3, 0.4) is 0 Å². The average Bonchev–Trinajstić information content (AvgIpc) is 3.50. The van der Waals surface area contributed by atoms with Crippen LogP contribution in [0.5, 0.6) is 0 Å². The third-order valence-corrected chi connectivity index (χ3v) is 7.27. The highest BCUT2D eigenvalue weighted by molar-refractivity contribution is 7.14. The molecule has 2 aromatic heterocycles. The minimum atomic E-state index is -1.17. The van der Waals surface area contributed by atoms with E-state index in [4.69, 9.17) is 5.26 Å². The number of rotatable bonds is 9. The largest absolute Gasteiger partial charge is 0.465 e. The fourth-order valence-electron chi connectivity index (χ4n) is 4.30. The van der Waals surface area contributed by atoms with E-state index in [2.05, 4.69) is 20.6 Å². The van der Waals surface area contributed by atoms with Gasteiger partial charge < -0.3 is 15.7 Å². The topological polar surface area (TPSA) is 152 Å². The number of anilines is 5. The molecule has 12 heteroatoms. The van der Waals surface area contributed by atoms with Crippen LogP contribution in [0.25, 0.3) is 0 Å². The molecular formula is C32H25N7O4S. The number of nitrogens with zero attached hydrogens (tertiary/aromatic N) is 5. The van der Waals surface area contributed by atoms with Crippen molar-refractivity contribution < 1.29 is 19.5 Å². The zero-order valence-corrected chi connectivity index (χ0v) is 23.9. The number of hydrogen-bond acceptors (Lipinski definition) is 7. The molecule has 218 valence electrons. The zero-order chi connectivity index (χ0) is 30.9. The lowest BCUT2D eigenvalue weighted by Gasteiger charge is -2.25. The maximum Gasteiger partial charge on any atom is 0.413 e. The molecule has 5 rings (SSSR count). The second-order valence-electron chi connectivity index (χ2n) is 9.37. The molecule has 4 amide bonds. The Kier molecular flexibility index (Phi) is 9.19. The average molecular weight is 604 g/mol. The molecule has 44 heavy (non-hydrogen) atoms. The molecule has 2 heterocycles. The van der Waals surface area contributed by atoms with Crippen LogP contribution in [0.4, 0.5) is 37.5 Å². The Morgan fingerprint density at radius 1 is 0.886 bits per heavy atom. The number of carboxylic acid groups (broad SMARTS) is 1. The number of benzene rings is 3. The highest BCUT2D eigenvalue weighted by Gasteiger charge is 2.24. The number of amides is 4. The molecule has 5 aromatic rings. The van der Waals surface area contributed by atoms with E-state index in [1.54, 1.807) is 103 Å². The molecule has 0 radical (unpaired) electrons. The van der Waals surface area contributed by atoms with Crippen LogP contribution in [0, 0.1) is 11.3 Å². The molecule has 0 unspecified atom stereocenters. The molecule has 0 aliphatic heterocycles. The number of hydrogen-bond donors (Lipinski definition) is 3. The highest BCUT2D eigenvalue weighted by atomic mass is 32.1. The quantitative estimate of drug-likeness (QED) is 0.171. The number of pyridine rings is 1. The summed E-state index contributed by atoms with van der Waals surface area (Å²) in [5.41, 5.74) is 3.49. The van der Waals surface area contributed by atoms with Gasteiger partial charge in [-0.15, -0.1) is 11.3 Å². The molecule has 3 aromatic carbocycles. The van der Waals surface area contributed by atoms with Crippen molar-refractivity contribution >= 4 is 57.2 Å². The molecule has 0 saturated heterocycles. The van der Waals surface area contributed by atoms with E-state index in [0.717, 1.165) is 21.8 Å². The van der Waals surface area contributed by atoms with E-state index in [1.165, 1.54) is 4.90 Å². The monoisotopic (exact) mass is 603 g/mol. The first kappa shape index (κ1) is 29.4. The van der Waals surface area contributed by atoms with Gasteiger partial charge in [-0.3, -0.25) is 14.7 Å². The third kappa shape index (κ3) is 7.22. The van der Waals surface area contributed by atoms with Crippen LogP contribution in [-0.2, 0) is 17.8 Å². The Balaban J connectivity index is 1.38. The van der Waals surface area contributed by atoms with E-state index >= 15 is 0 Å². The Morgan fingerprint density at radius 2 is 1.59 bits per heavy atom. The van der Waals surface area contributed by atoms with Gasteiger partial charge in [0.1, 0.15) is 0 Å². The van der Waals surface area contributed by atoms with Crippen molar-refractivity contribution in [2.24, 2.45) is 0 Å². The van der Waals surface area contributed by atoms with Crippen molar-refractivity contribution in [3.8, 4) is 6.07 Å². The molecule has 3 N–H and O–H groups in total. The molecule has 0 aliphatic carbocycles. The van der Waals surface area contributed by atoms with Gasteiger partial charge in [0.2, 0.25) is 5.91 Å². The number of nitrogens with one attached hydrogen (secondary N) is 2. The van der Waals surface area contributed by atoms with Gasteiger partial charge >= 0.3 is 12.1 Å². The fourth-order valence-corrected chi connectivity index (χ4v) is 5.12. The first-order chi connectivity index (χ1) is 21.4. The Hall–Kier alpha value is -6.06. The summed E-state index contributed by atoms with van der Waals surface area (Å²) >= 11 is 1.13. The molecule has 11 nitrogen and oxygen atoms in total. The molecule has 0 aliphatic rings. The van der Waals surface area contributed by atoms with E-state index in [1.807, 2.05) is 12.1 Å². The summed E-state index contributed by atoms with van der Waals surface area (Å²) in [6, 6.07) is 27.3. The Morgan fingerprint density at radius 3 is 2.30 bits per heavy atom. The lowest BCUT2D eigenvalue weighted by atomic mass is 10.1. The lowest BCUT2D eigenvalue weighted by Crippen LogP contribution is -2.30. The van der Waals surface area contributed by atoms with Crippen LogP contribution in [0.1, 0.15) is 16.8 Å². The molecular weight excluding hydrogens is 578 g/mol. The van der Waals surface area contributed by atoms with Crippen molar-refractivity contribution in [1.29, 1.82) is 5.26 Å². The summed E-state index contributed by atoms with van der Waals surface area (Å²) in [7, 11) is 0. The summed E-state index contributed by atoms with van der Waals surface area (Å²) in [6.07, 6.45) is 1.88. The van der Waals surface area contributed by atoms with E-state index in [9.17, 15) is 19.5 Å². The van der Waals surface area contributed by atoms with Gasteiger partial charge in [0.25, 0.3) is 0 Å². The van der Waals surface area contributed by atoms with Crippen LogP contribution in [0.2, 0.25) is 0 Å². The molecule has 0 atom stereocenters. The lowest BCUT2D eigenvalue weighted by molar-refractivity contribution is -0.117. The highest BCUT2D eigenvalue weighted by Crippen LogP contribution is 2.33. The van der Waals surface area contributed by atoms with E-state index in [0.29, 0.717) is 34.0 Å². The van der Waals surface area contributed by atoms with Gasteiger partial charge in [-0.1, -0.05) is 30.3 Å². The number of nitriles is 1. The Labute approximate surface area is 256 Å². The third-order valence-electron chi connectivity index (χ3n) is 6.35. The second-order valence-corrected chi connectivity index (χ2v) is 10.2. The summed E-state index contributed by atoms with van der Waals surface area (Å²) in [5, 5.41) is 26.3. The van der Waals surface area contributed by atoms with Crippen molar-refractivity contribution in [3.63, 3.8) is 0 Å². The van der Waals surface area contributed by atoms with Gasteiger partial charge in [0.05, 0.1) is 41.7 Å². The van der Waals surface area contributed by atoms with Gasteiger partial charge in [-0.05, 0) is 66.2 Å². The minimum Gasteiger partial charge on any atom is -0.465 e. The smallest absolute Gasteiger partial charge is 0.413 e. The summed E-state index contributed by atoms with van der Waals surface area (Å²) in [5.74, 6) is -0.342.